The molecule has 0 aliphatic carbocycles. The average molecular weight is 596 g/mol. The summed E-state index contributed by atoms with van der Waals surface area (Å²) in [6, 6.07) is 4.83. The number of ether oxygens (including phenoxy) is 1. The fraction of sp³-hybridized carbons (Fsp3) is 0.417. The van der Waals surface area contributed by atoms with E-state index in [1.54, 1.807) is 0 Å². The molecule has 218 valence electrons. The van der Waals surface area contributed by atoms with Gasteiger partial charge in [-0.3, -0.25) is 9.59 Å². The Kier molecular flexibility index (Phi) is 7.68. The van der Waals surface area contributed by atoms with Gasteiger partial charge >= 0.3 is 12.4 Å². The number of rotatable bonds is 6. The van der Waals surface area contributed by atoms with Gasteiger partial charge < -0.3 is 20.1 Å². The number of benzene rings is 2. The number of halogens is 6. The zero-order chi connectivity index (χ0) is 29.7. The number of sulfonamides is 1. The van der Waals surface area contributed by atoms with Crippen LogP contribution in [0.4, 0.5) is 32.0 Å². The van der Waals surface area contributed by atoms with Gasteiger partial charge in [-0.25, -0.2) is 13.1 Å². The van der Waals surface area contributed by atoms with Crippen molar-refractivity contribution >= 4 is 27.5 Å². The zero-order valence-corrected chi connectivity index (χ0v) is 21.5. The SMILES string of the molecule is CNS(=O)(=O)c1ccc2c(c1)CN(C(=O)[C@H]1CCCO1)C2C(=O)Nc1ccc(C(O)(C(F)(F)F)C(F)(F)F)cc1. The number of alkyl halides is 6. The average Bonchev–Trinajstić information content (AvgIpc) is 3.55. The number of nitrogens with zero attached hydrogens (tertiary/aromatic N) is 1. The van der Waals surface area contributed by atoms with Crippen molar-refractivity contribution in [1.82, 2.24) is 9.62 Å². The maximum Gasteiger partial charge on any atom is 0.430 e. The first-order valence-corrected chi connectivity index (χ1v) is 13.3. The topological polar surface area (TPSA) is 125 Å². The smallest absolute Gasteiger partial charge is 0.369 e. The molecule has 1 fully saturated rings. The minimum Gasteiger partial charge on any atom is -0.369 e. The second kappa shape index (κ2) is 10.3. The van der Waals surface area contributed by atoms with Crippen LogP contribution in [0.5, 0.6) is 0 Å². The summed E-state index contributed by atoms with van der Waals surface area (Å²) in [5.74, 6) is -1.40. The summed E-state index contributed by atoms with van der Waals surface area (Å²) in [5, 5.41) is 11.9. The molecular weight excluding hydrogens is 572 g/mol. The molecule has 0 radical (unpaired) electrons. The number of aliphatic hydroxyl groups is 1. The van der Waals surface area contributed by atoms with Crippen LogP contribution in [0.1, 0.15) is 35.6 Å². The quantitative estimate of drug-likeness (QED) is 0.441. The van der Waals surface area contributed by atoms with Gasteiger partial charge in [0, 0.05) is 24.4 Å². The van der Waals surface area contributed by atoms with Crippen molar-refractivity contribution in [3.63, 3.8) is 0 Å². The molecule has 16 heteroatoms. The van der Waals surface area contributed by atoms with E-state index in [0.29, 0.717) is 37.1 Å². The Hall–Kier alpha value is -3.21. The van der Waals surface area contributed by atoms with Gasteiger partial charge in [-0.2, -0.15) is 26.3 Å². The standard InChI is InChI=1S/C24H23F6N3O6S/c1-31-40(37,38)16-8-9-17-13(11-16)12-33(21(35)18-3-2-10-39-18)19(17)20(34)32-15-6-4-14(5-7-15)22(36,23(25,26)27)24(28,29)30/h4-9,11,18-19,31,36H,2-3,10,12H2,1H3,(H,32,34)/t18-,19?/m1/s1. The monoisotopic (exact) mass is 595 g/mol. The van der Waals surface area contributed by atoms with Crippen molar-refractivity contribution in [2.75, 3.05) is 19.0 Å². The van der Waals surface area contributed by atoms with E-state index in [1.807, 2.05) is 0 Å². The lowest BCUT2D eigenvalue weighted by Gasteiger charge is -2.32. The van der Waals surface area contributed by atoms with E-state index in [1.165, 1.54) is 30.1 Å². The molecule has 3 N–H and O–H groups in total. The van der Waals surface area contributed by atoms with Crippen LogP contribution >= 0.6 is 0 Å². The Morgan fingerprint density at radius 3 is 2.17 bits per heavy atom. The lowest BCUT2D eigenvalue weighted by Crippen LogP contribution is -2.53. The van der Waals surface area contributed by atoms with E-state index in [4.69, 9.17) is 4.74 Å². The number of anilines is 1. The Labute approximate surface area is 224 Å². The second-order valence-electron chi connectivity index (χ2n) is 9.21. The molecule has 2 atom stereocenters. The maximum absolute atomic E-state index is 13.4. The lowest BCUT2D eigenvalue weighted by molar-refractivity contribution is -0.376. The van der Waals surface area contributed by atoms with Gasteiger partial charge in [-0.1, -0.05) is 18.2 Å². The molecule has 9 nitrogen and oxygen atoms in total. The van der Waals surface area contributed by atoms with Gasteiger partial charge in [-0.05, 0) is 55.3 Å². The summed E-state index contributed by atoms with van der Waals surface area (Å²) in [4.78, 5) is 27.6. The van der Waals surface area contributed by atoms with E-state index >= 15 is 0 Å². The number of nitrogens with one attached hydrogen (secondary N) is 2. The Bertz CT molecular complexity index is 1390. The van der Waals surface area contributed by atoms with Crippen molar-refractivity contribution < 1.29 is 54.2 Å². The summed E-state index contributed by atoms with van der Waals surface area (Å²) in [6.45, 7) is 0.176. The van der Waals surface area contributed by atoms with Crippen molar-refractivity contribution in [2.45, 2.75) is 54.4 Å². The van der Waals surface area contributed by atoms with Crippen molar-refractivity contribution in [2.24, 2.45) is 0 Å². The highest BCUT2D eigenvalue weighted by molar-refractivity contribution is 7.89. The molecule has 2 amide bonds. The van der Waals surface area contributed by atoms with E-state index in [-0.39, 0.29) is 22.7 Å². The summed E-state index contributed by atoms with van der Waals surface area (Å²) >= 11 is 0. The summed E-state index contributed by atoms with van der Waals surface area (Å²) < 4.78 is 111. The molecule has 2 aliphatic rings. The normalized spacial score (nSPS) is 19.9. The van der Waals surface area contributed by atoms with E-state index in [0.717, 1.165) is 12.1 Å². The molecule has 0 saturated carbocycles. The maximum atomic E-state index is 13.4. The van der Waals surface area contributed by atoms with Crippen LogP contribution in [0.15, 0.2) is 47.4 Å². The van der Waals surface area contributed by atoms with Gasteiger partial charge in [-0.15, -0.1) is 0 Å². The molecule has 0 aromatic heterocycles. The first-order chi connectivity index (χ1) is 18.5. The van der Waals surface area contributed by atoms with E-state index < -0.39 is 57.5 Å². The third-order valence-electron chi connectivity index (χ3n) is 6.77. The molecule has 2 aromatic carbocycles. The Morgan fingerprint density at radius 2 is 1.65 bits per heavy atom. The van der Waals surface area contributed by atoms with Crippen LogP contribution < -0.4 is 10.0 Å². The number of carbonyl (C=O) groups is 2. The highest BCUT2D eigenvalue weighted by Crippen LogP contribution is 2.50. The minimum absolute atomic E-state index is 0.114. The van der Waals surface area contributed by atoms with Crippen LogP contribution in [0.2, 0.25) is 0 Å². The fourth-order valence-electron chi connectivity index (χ4n) is 4.65. The number of hydrogen-bond donors (Lipinski definition) is 3. The summed E-state index contributed by atoms with van der Waals surface area (Å²) in [5.41, 5.74) is -6.24. The number of fused-ring (bicyclic) bond motifs is 1. The predicted molar refractivity (Wildman–Crippen MR) is 126 cm³/mol. The lowest BCUT2D eigenvalue weighted by atomic mass is 9.92. The highest BCUT2D eigenvalue weighted by atomic mass is 32.2. The molecule has 1 unspecified atom stereocenters. The first-order valence-electron chi connectivity index (χ1n) is 11.8. The van der Waals surface area contributed by atoms with Gasteiger partial charge in [0.05, 0.1) is 4.90 Å². The molecule has 2 heterocycles. The first kappa shape index (κ1) is 29.8. The van der Waals surface area contributed by atoms with Crippen LogP contribution in [-0.2, 0) is 36.5 Å². The van der Waals surface area contributed by atoms with E-state index in [9.17, 15) is 49.5 Å². The Balaban J connectivity index is 1.65. The molecule has 0 spiro atoms. The molecule has 40 heavy (non-hydrogen) atoms. The van der Waals surface area contributed by atoms with Crippen LogP contribution in [0, 0.1) is 0 Å². The summed E-state index contributed by atoms with van der Waals surface area (Å²) in [7, 11) is -2.65. The number of amides is 2. The molecule has 2 aliphatic heterocycles. The minimum atomic E-state index is -6.08. The van der Waals surface area contributed by atoms with Crippen molar-refractivity contribution in [1.29, 1.82) is 0 Å². The van der Waals surface area contributed by atoms with Gasteiger partial charge in [0.15, 0.2) is 0 Å². The predicted octanol–water partition coefficient (Wildman–Crippen LogP) is 3.11. The second-order valence-corrected chi connectivity index (χ2v) is 11.1. The van der Waals surface area contributed by atoms with Crippen molar-refractivity contribution in [3.05, 3.63) is 59.2 Å². The summed E-state index contributed by atoms with van der Waals surface area (Å²) in [6.07, 6.45) is -12.0. The molecule has 0 bridgehead atoms. The third-order valence-corrected chi connectivity index (χ3v) is 8.18. The molecule has 4 rings (SSSR count). The Morgan fingerprint density at radius 1 is 1.02 bits per heavy atom. The van der Waals surface area contributed by atoms with Gasteiger partial charge in [0.2, 0.25) is 10.0 Å². The largest absolute Gasteiger partial charge is 0.430 e. The van der Waals surface area contributed by atoms with Gasteiger partial charge in [0.1, 0.15) is 12.1 Å². The fourth-order valence-corrected chi connectivity index (χ4v) is 5.43. The number of carbonyl (C=O) groups excluding carboxylic acids is 2. The zero-order valence-electron chi connectivity index (χ0n) is 20.6. The van der Waals surface area contributed by atoms with Crippen LogP contribution in [0.3, 0.4) is 0 Å². The van der Waals surface area contributed by atoms with E-state index in [2.05, 4.69) is 10.0 Å². The molecule has 1 saturated heterocycles. The van der Waals surface area contributed by atoms with Crippen LogP contribution in [0.25, 0.3) is 0 Å². The van der Waals surface area contributed by atoms with Crippen LogP contribution in [-0.4, -0.2) is 62.3 Å². The van der Waals surface area contributed by atoms with Gasteiger partial charge in [0.25, 0.3) is 17.4 Å². The highest BCUT2D eigenvalue weighted by Gasteiger charge is 2.71. The molecule has 2 aromatic rings. The van der Waals surface area contributed by atoms with Crippen molar-refractivity contribution in [3.8, 4) is 0 Å². The number of hydrogen-bond acceptors (Lipinski definition) is 6. The molecular formula is C24H23F6N3O6S. The third kappa shape index (κ3) is 5.15.